The van der Waals surface area contributed by atoms with Crippen LogP contribution in [0.5, 0.6) is 0 Å². The molecule has 2 aromatic heterocycles. The SMILES string of the molecule is CC(C)(C)c1ccc2c(sc3nc4ccccc4n32)c1C1=CB2N3C=CC=CB3N3C=CC=CB3N3C=CC=CB3N2C=C1. The van der Waals surface area contributed by atoms with E-state index in [1.54, 1.807) is 11.3 Å². The van der Waals surface area contributed by atoms with E-state index in [0.29, 0.717) is 0 Å². The van der Waals surface area contributed by atoms with Crippen LogP contribution in [0.2, 0.25) is 0 Å². The van der Waals surface area contributed by atoms with E-state index in [-0.39, 0.29) is 33.3 Å². The Kier molecular flexibility index (Phi) is 5.61. The van der Waals surface area contributed by atoms with E-state index in [1.165, 1.54) is 26.9 Å². The Labute approximate surface area is 263 Å². The van der Waals surface area contributed by atoms with Gasteiger partial charge in [-0.1, -0.05) is 92.4 Å². The molecule has 5 aliphatic heterocycles. The molecule has 44 heavy (non-hydrogen) atoms. The van der Waals surface area contributed by atoms with Gasteiger partial charge in [-0.25, -0.2) is 4.98 Å². The molecule has 1 fully saturated rings. The number of hydrogen-bond acceptors (Lipinski definition) is 6. The second kappa shape index (κ2) is 9.50. The van der Waals surface area contributed by atoms with E-state index in [2.05, 4.69) is 172 Å². The van der Waals surface area contributed by atoms with Gasteiger partial charge in [-0.2, -0.15) is 0 Å². The smallest absolute Gasteiger partial charge is 0.381 e. The van der Waals surface area contributed by atoms with Crippen molar-refractivity contribution < 1.29 is 0 Å². The first-order chi connectivity index (χ1) is 21.5. The Hall–Kier alpha value is -4.49. The molecule has 0 amide bonds. The van der Waals surface area contributed by atoms with Crippen LogP contribution in [0, 0.1) is 0 Å². The number of rotatable bonds is 1. The van der Waals surface area contributed by atoms with Crippen molar-refractivity contribution in [3.63, 3.8) is 0 Å². The summed E-state index contributed by atoms with van der Waals surface area (Å²) in [5, 5.41) is 0. The predicted molar refractivity (Wildman–Crippen MR) is 189 cm³/mol. The lowest BCUT2D eigenvalue weighted by molar-refractivity contribution is 0.589. The van der Waals surface area contributed by atoms with Gasteiger partial charge in [-0.05, 0) is 83.9 Å². The van der Waals surface area contributed by atoms with Gasteiger partial charge in [0, 0.05) is 5.56 Å². The lowest BCUT2D eigenvalue weighted by Crippen LogP contribution is -2.73. The van der Waals surface area contributed by atoms with Crippen LogP contribution < -0.4 is 0 Å². The summed E-state index contributed by atoms with van der Waals surface area (Å²) in [7, 11) is 0. The molecule has 0 N–H and O–H groups in total. The van der Waals surface area contributed by atoms with Gasteiger partial charge in [0.05, 0.1) is 21.3 Å². The van der Waals surface area contributed by atoms with Gasteiger partial charge in [-0.15, -0.1) is 0 Å². The van der Waals surface area contributed by atoms with Crippen molar-refractivity contribution in [1.29, 1.82) is 0 Å². The summed E-state index contributed by atoms with van der Waals surface area (Å²) < 4.78 is 13.5. The summed E-state index contributed by atoms with van der Waals surface area (Å²) in [6.45, 7) is 7.20. The zero-order valence-electron chi connectivity index (χ0n) is 25.0. The monoisotopic (exact) mass is 586 g/mol. The molecule has 0 radical (unpaired) electrons. The Bertz CT molecular complexity index is 2060. The molecular weight excluding hydrogens is 556 g/mol. The zero-order valence-corrected chi connectivity index (χ0v) is 25.8. The Balaban J connectivity index is 1.26. The van der Waals surface area contributed by atoms with Crippen LogP contribution in [-0.4, -0.2) is 56.2 Å². The van der Waals surface area contributed by atoms with Gasteiger partial charge in [-0.3, -0.25) is 4.40 Å². The molecule has 9 rings (SSSR count). The van der Waals surface area contributed by atoms with Crippen molar-refractivity contribution in [1.82, 2.24) is 28.3 Å². The molecule has 0 unspecified atom stereocenters. The maximum Gasteiger partial charge on any atom is 0.381 e. The summed E-state index contributed by atoms with van der Waals surface area (Å²) >= 11 is 1.80. The summed E-state index contributed by atoms with van der Waals surface area (Å²) in [6.07, 6.45) is 24.3. The third-order valence-corrected chi connectivity index (χ3v) is 10.4. The minimum atomic E-state index is -0.0351. The molecular formula is C33H30B4N6S. The summed E-state index contributed by atoms with van der Waals surface area (Å²) in [4.78, 5) is 6.07. The normalized spacial score (nSPS) is 18.8. The molecule has 2 aromatic carbocycles. The van der Waals surface area contributed by atoms with Crippen molar-refractivity contribution in [2.45, 2.75) is 26.2 Å². The zero-order chi connectivity index (χ0) is 29.6. The molecule has 0 saturated carbocycles. The van der Waals surface area contributed by atoms with E-state index >= 15 is 0 Å². The fourth-order valence-electron chi connectivity index (χ4n) is 7.36. The molecule has 6 nitrogen and oxygen atoms in total. The van der Waals surface area contributed by atoms with Crippen LogP contribution in [0.4, 0.5) is 0 Å². The van der Waals surface area contributed by atoms with Crippen molar-refractivity contribution >= 4 is 71.1 Å². The number of allylic oxidation sites excluding steroid dienone is 8. The van der Waals surface area contributed by atoms with Crippen LogP contribution in [-0.2, 0) is 5.41 Å². The largest absolute Gasteiger partial charge is 0.423 e. The minimum Gasteiger partial charge on any atom is -0.423 e. The highest BCUT2D eigenvalue weighted by molar-refractivity contribution is 7.24. The molecule has 0 bridgehead atoms. The third-order valence-electron chi connectivity index (χ3n) is 9.35. The summed E-state index contributed by atoms with van der Waals surface area (Å²) in [5.41, 5.74) is 7.30. The quantitative estimate of drug-likeness (QED) is 0.238. The molecule has 1 saturated heterocycles. The highest BCUT2D eigenvalue weighted by atomic mass is 32.1. The van der Waals surface area contributed by atoms with Gasteiger partial charge >= 0.3 is 27.9 Å². The summed E-state index contributed by atoms with van der Waals surface area (Å²) in [6, 6.07) is 13.1. The molecule has 4 aromatic rings. The lowest BCUT2D eigenvalue weighted by Gasteiger charge is -2.53. The number of imidazole rings is 1. The number of thiazole rings is 1. The van der Waals surface area contributed by atoms with E-state index in [0.717, 1.165) is 16.0 Å². The highest BCUT2D eigenvalue weighted by Gasteiger charge is 2.50. The number of benzene rings is 2. The first-order valence-corrected chi connectivity index (χ1v) is 16.2. The average molecular weight is 586 g/mol. The minimum absolute atomic E-state index is 0.00180. The first-order valence-electron chi connectivity index (χ1n) is 15.4. The molecule has 0 aliphatic carbocycles. The lowest BCUT2D eigenvalue weighted by atomic mass is 9.41. The second-order valence-corrected chi connectivity index (χ2v) is 13.9. The van der Waals surface area contributed by atoms with Crippen LogP contribution in [0.15, 0.2) is 128 Å². The maximum atomic E-state index is 5.03. The number of aromatic nitrogens is 2. The van der Waals surface area contributed by atoms with Crippen molar-refractivity contribution in [2.24, 2.45) is 0 Å². The van der Waals surface area contributed by atoms with E-state index in [4.69, 9.17) is 4.98 Å². The fraction of sp³-hybridized carbons (Fsp3) is 0.121. The topological polar surface area (TPSA) is 30.3 Å². The first kappa shape index (κ1) is 26.0. The highest BCUT2D eigenvalue weighted by Crippen LogP contribution is 2.42. The van der Waals surface area contributed by atoms with E-state index in [1.807, 2.05) is 0 Å². The Morgan fingerprint density at radius 2 is 1.27 bits per heavy atom. The molecule has 0 spiro atoms. The van der Waals surface area contributed by atoms with Gasteiger partial charge in [0.1, 0.15) is 0 Å². The average Bonchev–Trinajstić information content (AvgIpc) is 3.59. The Morgan fingerprint density at radius 3 is 1.93 bits per heavy atom. The van der Waals surface area contributed by atoms with E-state index < -0.39 is 0 Å². The van der Waals surface area contributed by atoms with Crippen molar-refractivity contribution in [3.05, 3.63) is 139 Å². The van der Waals surface area contributed by atoms with Crippen molar-refractivity contribution in [3.8, 4) is 0 Å². The van der Waals surface area contributed by atoms with Crippen LogP contribution in [0.3, 0.4) is 0 Å². The standard InChI is InChI=1S/C33H30B4N6S/c1-33(2,3)26-14-15-29-31(44-32-38-27-12-4-5-13-28(27)43(29)32)30(26)25-16-23-42-36-19-7-10-21-40(36)34-17-6-9-20-39(34)35-18-8-11-22-41(35)37(42)24-25/h4-24H,1-3H3. The van der Waals surface area contributed by atoms with Gasteiger partial charge in [0.25, 0.3) is 0 Å². The van der Waals surface area contributed by atoms with Gasteiger partial charge < -0.3 is 18.9 Å². The third kappa shape index (κ3) is 3.75. The number of para-hydroxylation sites is 2. The maximum absolute atomic E-state index is 5.03. The number of hydrogen-bond donors (Lipinski definition) is 0. The van der Waals surface area contributed by atoms with Crippen LogP contribution in [0.1, 0.15) is 31.9 Å². The van der Waals surface area contributed by atoms with Crippen LogP contribution >= 0.6 is 11.3 Å². The summed E-state index contributed by atoms with van der Waals surface area (Å²) in [5.74, 6) is 9.40. The molecule has 5 aliphatic rings. The van der Waals surface area contributed by atoms with Gasteiger partial charge in [0.2, 0.25) is 0 Å². The number of nitrogens with zero attached hydrogens (tertiary/aromatic N) is 6. The van der Waals surface area contributed by atoms with Crippen LogP contribution in [0.25, 0.3) is 31.8 Å². The molecule has 0 atom stereocenters. The molecule has 7 heterocycles. The van der Waals surface area contributed by atoms with E-state index in [9.17, 15) is 0 Å². The second-order valence-electron chi connectivity index (χ2n) is 13.0. The van der Waals surface area contributed by atoms with Gasteiger partial charge in [0.15, 0.2) is 4.96 Å². The Morgan fingerprint density at radius 1 is 0.659 bits per heavy atom. The number of fused-ring (bicyclic) bond motifs is 13. The molecule has 210 valence electrons. The predicted octanol–water partition coefficient (Wildman–Crippen LogP) is 6.49. The molecule has 11 heteroatoms. The van der Waals surface area contributed by atoms with Crippen molar-refractivity contribution in [2.75, 3.05) is 0 Å². The fourth-order valence-corrected chi connectivity index (χ4v) is 8.57.